The number of aromatic carboxylic acids is 1. The van der Waals surface area contributed by atoms with E-state index in [0.717, 1.165) is 27.7 Å². The minimum Gasteiger partial charge on any atom is -0.477 e. The number of carbonyl (C=O) groups is 2. The molecule has 2 heterocycles. The summed E-state index contributed by atoms with van der Waals surface area (Å²) in [6, 6.07) is 5.68. The molecule has 0 atom stereocenters. The summed E-state index contributed by atoms with van der Waals surface area (Å²) in [5, 5.41) is 14.2. The van der Waals surface area contributed by atoms with E-state index in [0.29, 0.717) is 19.3 Å². The minimum atomic E-state index is -0.952. The zero-order valence-electron chi connectivity index (χ0n) is 11.6. The van der Waals surface area contributed by atoms with E-state index in [1.165, 1.54) is 0 Å². The average Bonchev–Trinajstić information content (AvgIpc) is 2.86. The molecule has 1 amide bonds. The van der Waals surface area contributed by atoms with Gasteiger partial charge in [-0.05, 0) is 29.7 Å². The molecule has 2 aromatic rings. The van der Waals surface area contributed by atoms with Gasteiger partial charge >= 0.3 is 5.97 Å². The van der Waals surface area contributed by atoms with Gasteiger partial charge in [-0.3, -0.25) is 4.79 Å². The van der Waals surface area contributed by atoms with E-state index in [9.17, 15) is 14.7 Å². The summed E-state index contributed by atoms with van der Waals surface area (Å²) < 4.78 is 0. The van der Waals surface area contributed by atoms with Gasteiger partial charge in [-0.25, -0.2) is 10.2 Å². The van der Waals surface area contributed by atoms with Gasteiger partial charge in [-0.2, -0.15) is 5.10 Å². The summed E-state index contributed by atoms with van der Waals surface area (Å²) in [6.07, 6.45) is 1.65. The molecule has 1 aliphatic heterocycles. The number of H-pyrrole nitrogens is 1. The molecule has 0 radical (unpaired) electrons. The number of fused-ring (bicyclic) bond motifs is 1. The lowest BCUT2D eigenvalue weighted by molar-refractivity contribution is -0.121. The van der Waals surface area contributed by atoms with Crippen molar-refractivity contribution < 1.29 is 14.7 Å². The fourth-order valence-electron chi connectivity index (χ4n) is 2.66. The van der Waals surface area contributed by atoms with Crippen molar-refractivity contribution in [2.75, 3.05) is 0 Å². The van der Waals surface area contributed by atoms with E-state index in [4.69, 9.17) is 0 Å². The number of aromatic amines is 1. The van der Waals surface area contributed by atoms with Crippen molar-refractivity contribution in [2.24, 2.45) is 5.10 Å². The SMILES string of the molecule is CCc1c(C(=O)O)[nH]c2ccc(C3=NNC(=O)CC3)cc12. The van der Waals surface area contributed by atoms with Gasteiger partial charge in [0, 0.05) is 23.7 Å². The number of rotatable bonds is 3. The number of carboxylic acids is 1. The molecule has 0 saturated carbocycles. The normalized spacial score (nSPS) is 14.9. The molecular formula is C15H15N3O3. The Balaban J connectivity index is 2.11. The number of aryl methyl sites for hydroxylation is 1. The van der Waals surface area contributed by atoms with Crippen LogP contribution in [0, 0.1) is 0 Å². The summed E-state index contributed by atoms with van der Waals surface area (Å²) >= 11 is 0. The Kier molecular flexibility index (Phi) is 3.21. The van der Waals surface area contributed by atoms with Gasteiger partial charge in [-0.15, -0.1) is 0 Å². The topological polar surface area (TPSA) is 94.5 Å². The number of nitrogens with zero attached hydrogens (tertiary/aromatic N) is 1. The van der Waals surface area contributed by atoms with E-state index in [1.807, 2.05) is 25.1 Å². The van der Waals surface area contributed by atoms with Gasteiger partial charge in [0.25, 0.3) is 0 Å². The van der Waals surface area contributed by atoms with Crippen LogP contribution in [0.25, 0.3) is 10.9 Å². The Labute approximate surface area is 120 Å². The standard InChI is InChI=1S/C15H15N3O3/c1-2-9-10-7-8(11-5-6-13(19)18-17-11)3-4-12(10)16-14(9)15(20)21/h3-4,7,16H,2,5-6H2,1H3,(H,18,19)(H,20,21). The maximum Gasteiger partial charge on any atom is 0.352 e. The number of benzene rings is 1. The first-order valence-electron chi connectivity index (χ1n) is 6.83. The molecule has 0 fully saturated rings. The van der Waals surface area contributed by atoms with Crippen LogP contribution in [0.15, 0.2) is 23.3 Å². The Morgan fingerprint density at radius 2 is 2.19 bits per heavy atom. The van der Waals surface area contributed by atoms with Gasteiger partial charge in [0.1, 0.15) is 5.69 Å². The molecule has 1 aromatic carbocycles. The van der Waals surface area contributed by atoms with Crippen molar-refractivity contribution in [3.63, 3.8) is 0 Å². The lowest BCUT2D eigenvalue weighted by atomic mass is 10.0. The van der Waals surface area contributed by atoms with Crippen LogP contribution in [0.1, 0.15) is 41.4 Å². The first kappa shape index (κ1) is 13.4. The fourth-order valence-corrected chi connectivity index (χ4v) is 2.66. The smallest absolute Gasteiger partial charge is 0.352 e. The third kappa shape index (κ3) is 2.29. The van der Waals surface area contributed by atoms with Crippen LogP contribution in [0.4, 0.5) is 0 Å². The first-order chi connectivity index (χ1) is 10.1. The largest absolute Gasteiger partial charge is 0.477 e. The Hall–Kier alpha value is -2.63. The van der Waals surface area contributed by atoms with Crippen LogP contribution >= 0.6 is 0 Å². The third-order valence-corrected chi connectivity index (χ3v) is 3.71. The summed E-state index contributed by atoms with van der Waals surface area (Å²) in [5.41, 5.74) is 6.03. The molecule has 21 heavy (non-hydrogen) atoms. The van der Waals surface area contributed by atoms with Gasteiger partial charge in [0.05, 0.1) is 5.71 Å². The van der Waals surface area contributed by atoms with Crippen LogP contribution in [0.2, 0.25) is 0 Å². The average molecular weight is 285 g/mol. The van der Waals surface area contributed by atoms with Crippen LogP contribution in [0.3, 0.4) is 0 Å². The van der Waals surface area contributed by atoms with Crippen molar-refractivity contribution in [2.45, 2.75) is 26.2 Å². The zero-order chi connectivity index (χ0) is 15.0. The first-order valence-corrected chi connectivity index (χ1v) is 6.83. The molecule has 0 bridgehead atoms. The molecular weight excluding hydrogens is 270 g/mol. The maximum absolute atomic E-state index is 11.3. The minimum absolute atomic E-state index is 0.0797. The second kappa shape index (κ2) is 5.05. The Bertz CT molecular complexity index is 774. The molecule has 0 aliphatic carbocycles. The van der Waals surface area contributed by atoms with Crippen molar-refractivity contribution in [1.82, 2.24) is 10.4 Å². The van der Waals surface area contributed by atoms with Crippen LogP contribution < -0.4 is 5.43 Å². The quantitative estimate of drug-likeness (QED) is 0.805. The zero-order valence-corrected chi connectivity index (χ0v) is 11.6. The predicted octanol–water partition coefficient (Wildman–Crippen LogP) is 2.04. The second-order valence-corrected chi connectivity index (χ2v) is 4.99. The van der Waals surface area contributed by atoms with E-state index in [2.05, 4.69) is 15.5 Å². The summed E-state index contributed by atoms with van der Waals surface area (Å²) in [4.78, 5) is 25.4. The van der Waals surface area contributed by atoms with Crippen molar-refractivity contribution in [3.05, 3.63) is 35.0 Å². The van der Waals surface area contributed by atoms with Gasteiger partial charge in [-0.1, -0.05) is 13.0 Å². The molecule has 1 aromatic heterocycles. The number of hydrogen-bond donors (Lipinski definition) is 3. The van der Waals surface area contributed by atoms with E-state index in [-0.39, 0.29) is 11.6 Å². The molecule has 3 rings (SSSR count). The highest BCUT2D eigenvalue weighted by atomic mass is 16.4. The lowest BCUT2D eigenvalue weighted by Gasteiger charge is -2.12. The highest BCUT2D eigenvalue weighted by Gasteiger charge is 2.18. The lowest BCUT2D eigenvalue weighted by Crippen LogP contribution is -2.25. The monoisotopic (exact) mass is 285 g/mol. The van der Waals surface area contributed by atoms with Crippen molar-refractivity contribution >= 4 is 28.5 Å². The molecule has 3 N–H and O–H groups in total. The van der Waals surface area contributed by atoms with E-state index < -0.39 is 5.97 Å². The van der Waals surface area contributed by atoms with Crippen LogP contribution in [0.5, 0.6) is 0 Å². The molecule has 0 saturated heterocycles. The highest BCUT2D eigenvalue weighted by molar-refractivity contribution is 6.07. The molecule has 6 nitrogen and oxygen atoms in total. The molecule has 6 heteroatoms. The van der Waals surface area contributed by atoms with Gasteiger partial charge < -0.3 is 10.1 Å². The molecule has 0 spiro atoms. The fraction of sp³-hybridized carbons (Fsp3) is 0.267. The Morgan fingerprint density at radius 3 is 2.81 bits per heavy atom. The van der Waals surface area contributed by atoms with Crippen molar-refractivity contribution in [1.29, 1.82) is 0 Å². The van der Waals surface area contributed by atoms with Crippen LogP contribution in [-0.2, 0) is 11.2 Å². The number of hydrazone groups is 1. The number of nitrogens with one attached hydrogen (secondary N) is 2. The van der Waals surface area contributed by atoms with Gasteiger partial charge in [0.2, 0.25) is 5.91 Å². The molecule has 1 aliphatic rings. The number of carbonyl (C=O) groups excluding carboxylic acids is 1. The predicted molar refractivity (Wildman–Crippen MR) is 78.5 cm³/mol. The number of aromatic nitrogens is 1. The second-order valence-electron chi connectivity index (χ2n) is 4.99. The maximum atomic E-state index is 11.3. The highest BCUT2D eigenvalue weighted by Crippen LogP contribution is 2.25. The number of amides is 1. The Morgan fingerprint density at radius 1 is 1.38 bits per heavy atom. The molecule has 108 valence electrons. The van der Waals surface area contributed by atoms with E-state index >= 15 is 0 Å². The summed E-state index contributed by atoms with van der Waals surface area (Å²) in [6.45, 7) is 1.93. The number of carboxylic acid groups (broad SMARTS) is 1. The third-order valence-electron chi connectivity index (χ3n) is 3.71. The van der Waals surface area contributed by atoms with Crippen LogP contribution in [-0.4, -0.2) is 27.7 Å². The van der Waals surface area contributed by atoms with Gasteiger partial charge in [0.15, 0.2) is 0 Å². The van der Waals surface area contributed by atoms with E-state index in [1.54, 1.807) is 0 Å². The number of hydrogen-bond acceptors (Lipinski definition) is 3. The summed E-state index contributed by atoms with van der Waals surface area (Å²) in [5.74, 6) is -1.03. The molecule has 0 unspecified atom stereocenters. The van der Waals surface area contributed by atoms with Crippen molar-refractivity contribution in [3.8, 4) is 0 Å². The summed E-state index contributed by atoms with van der Waals surface area (Å²) in [7, 11) is 0.